The molecule has 1 amide bonds. The molecule has 2 aromatic rings. The Bertz CT molecular complexity index is 938. The number of nitrogens with zero attached hydrogens (tertiary/aromatic N) is 2. The van der Waals surface area contributed by atoms with Gasteiger partial charge in [0.2, 0.25) is 0 Å². The molecule has 2 heterocycles. The molecule has 1 atom stereocenters. The van der Waals surface area contributed by atoms with Gasteiger partial charge in [-0.25, -0.2) is 9.69 Å². The number of ether oxygens (including phenoxy) is 2. The molecule has 4 rings (SSSR count). The summed E-state index contributed by atoms with van der Waals surface area (Å²) in [5, 5.41) is 11.0. The van der Waals surface area contributed by atoms with Crippen LogP contribution in [-0.4, -0.2) is 22.3 Å². The quantitative estimate of drug-likeness (QED) is 0.599. The number of hydrogen-bond donors (Lipinski definition) is 0. The second kappa shape index (κ2) is 5.32. The highest BCUT2D eigenvalue weighted by Crippen LogP contribution is 2.47. The first-order chi connectivity index (χ1) is 12.3. The molecule has 132 valence electrons. The Morgan fingerprint density at radius 2 is 1.81 bits per heavy atom. The normalized spacial score (nSPS) is 22.7. The van der Waals surface area contributed by atoms with Crippen molar-refractivity contribution in [2.45, 2.75) is 25.2 Å². The van der Waals surface area contributed by atoms with E-state index in [0.29, 0.717) is 17.0 Å². The first-order valence-corrected chi connectivity index (χ1v) is 8.09. The van der Waals surface area contributed by atoms with Gasteiger partial charge in [0, 0.05) is 17.7 Å². The molecule has 7 nitrogen and oxygen atoms in total. The standard InChI is InChI=1S/C19H16N2O5/c1-18(2)19(20(17(22)26-18)14-6-4-3-5-7-14)11-10-13-12-15(21(23)24)8-9-16(13)25-19/h3-12H,1-2H3. The van der Waals surface area contributed by atoms with Crippen molar-refractivity contribution in [1.29, 1.82) is 0 Å². The number of cyclic esters (lactones) is 1. The second-order valence-corrected chi connectivity index (χ2v) is 6.66. The molecule has 0 aromatic heterocycles. The molecule has 1 saturated heterocycles. The molecule has 0 aliphatic carbocycles. The predicted molar refractivity (Wildman–Crippen MR) is 95.0 cm³/mol. The van der Waals surface area contributed by atoms with Crippen molar-refractivity contribution < 1.29 is 19.2 Å². The average Bonchev–Trinajstić information content (AvgIpc) is 2.80. The van der Waals surface area contributed by atoms with Crippen LogP contribution in [0.25, 0.3) is 6.08 Å². The summed E-state index contributed by atoms with van der Waals surface area (Å²) in [6, 6.07) is 13.5. The molecule has 26 heavy (non-hydrogen) atoms. The van der Waals surface area contributed by atoms with Crippen LogP contribution in [0.2, 0.25) is 0 Å². The van der Waals surface area contributed by atoms with Crippen LogP contribution in [0.3, 0.4) is 0 Å². The van der Waals surface area contributed by atoms with Crippen molar-refractivity contribution in [3.63, 3.8) is 0 Å². The minimum absolute atomic E-state index is 0.0223. The molecule has 0 radical (unpaired) electrons. The largest absolute Gasteiger partial charge is 0.459 e. The SMILES string of the molecule is CC1(C)OC(=O)N(c2ccccc2)C12C=Cc1cc([N+](=O)[O-])ccc1O2. The number of carbonyl (C=O) groups excluding carboxylic acids is 1. The molecule has 7 heteroatoms. The number of rotatable bonds is 2. The zero-order valence-electron chi connectivity index (χ0n) is 14.2. The lowest BCUT2D eigenvalue weighted by molar-refractivity contribution is -0.384. The van der Waals surface area contributed by atoms with E-state index in [9.17, 15) is 14.9 Å². The molecule has 2 aliphatic heterocycles. The van der Waals surface area contributed by atoms with Crippen LogP contribution < -0.4 is 9.64 Å². The molecular formula is C19H16N2O5. The molecule has 1 fully saturated rings. The highest BCUT2D eigenvalue weighted by molar-refractivity contribution is 5.93. The molecule has 0 bridgehead atoms. The number of carbonyl (C=O) groups is 1. The van der Waals surface area contributed by atoms with E-state index in [1.807, 2.05) is 18.2 Å². The summed E-state index contributed by atoms with van der Waals surface area (Å²) in [6.45, 7) is 3.54. The van der Waals surface area contributed by atoms with E-state index in [-0.39, 0.29) is 5.69 Å². The first kappa shape index (κ1) is 16.1. The van der Waals surface area contributed by atoms with Crippen molar-refractivity contribution >= 4 is 23.5 Å². The van der Waals surface area contributed by atoms with Crippen LogP contribution >= 0.6 is 0 Å². The van der Waals surface area contributed by atoms with Gasteiger partial charge >= 0.3 is 6.09 Å². The van der Waals surface area contributed by atoms with E-state index in [0.717, 1.165) is 0 Å². The van der Waals surface area contributed by atoms with Crippen molar-refractivity contribution in [3.05, 3.63) is 70.3 Å². The summed E-state index contributed by atoms with van der Waals surface area (Å²) in [7, 11) is 0. The number of nitro groups is 1. The molecule has 1 spiro atoms. The average molecular weight is 352 g/mol. The third-order valence-electron chi connectivity index (χ3n) is 4.69. The smallest absolute Gasteiger partial charge is 0.418 e. The van der Waals surface area contributed by atoms with E-state index < -0.39 is 22.3 Å². The second-order valence-electron chi connectivity index (χ2n) is 6.66. The van der Waals surface area contributed by atoms with Crippen LogP contribution in [-0.2, 0) is 4.74 Å². The van der Waals surface area contributed by atoms with Gasteiger partial charge in [-0.1, -0.05) is 18.2 Å². The number of anilines is 1. The molecule has 2 aromatic carbocycles. The van der Waals surface area contributed by atoms with Crippen molar-refractivity contribution in [1.82, 2.24) is 0 Å². The minimum Gasteiger partial charge on any atom is -0.459 e. The fourth-order valence-corrected chi connectivity index (χ4v) is 3.34. The fourth-order valence-electron chi connectivity index (χ4n) is 3.34. The number of nitro benzene ring substituents is 1. The summed E-state index contributed by atoms with van der Waals surface area (Å²) < 4.78 is 11.8. The van der Waals surface area contributed by atoms with Gasteiger partial charge in [0.15, 0.2) is 5.60 Å². The molecule has 2 aliphatic rings. The van der Waals surface area contributed by atoms with Gasteiger partial charge in [0.1, 0.15) is 5.75 Å². The van der Waals surface area contributed by atoms with Crippen LogP contribution in [0.5, 0.6) is 5.75 Å². The minimum atomic E-state index is -1.20. The molecular weight excluding hydrogens is 336 g/mol. The zero-order chi connectivity index (χ0) is 18.5. The molecule has 1 unspecified atom stereocenters. The van der Waals surface area contributed by atoms with Crippen LogP contribution in [0.4, 0.5) is 16.2 Å². The van der Waals surface area contributed by atoms with Crippen molar-refractivity contribution in [2.75, 3.05) is 4.90 Å². The van der Waals surface area contributed by atoms with E-state index in [1.165, 1.54) is 17.0 Å². The number of non-ortho nitro benzene ring substituents is 1. The number of para-hydroxylation sites is 1. The Morgan fingerprint density at radius 3 is 2.50 bits per heavy atom. The summed E-state index contributed by atoms with van der Waals surface area (Å²) in [5.74, 6) is 0.449. The maximum atomic E-state index is 12.6. The lowest BCUT2D eigenvalue weighted by atomic mass is 9.90. The van der Waals surface area contributed by atoms with Crippen LogP contribution in [0.1, 0.15) is 19.4 Å². The van der Waals surface area contributed by atoms with Crippen LogP contribution in [0, 0.1) is 10.1 Å². The topological polar surface area (TPSA) is 81.9 Å². The number of benzene rings is 2. The summed E-state index contributed by atoms with van der Waals surface area (Å²) in [6.07, 6.45) is 2.93. The van der Waals surface area contributed by atoms with Gasteiger partial charge in [0.25, 0.3) is 11.4 Å². The lowest BCUT2D eigenvalue weighted by Crippen LogP contribution is -2.60. The molecule has 0 N–H and O–H groups in total. The lowest BCUT2D eigenvalue weighted by Gasteiger charge is -2.42. The van der Waals surface area contributed by atoms with E-state index in [4.69, 9.17) is 9.47 Å². The Hall–Kier alpha value is -3.35. The highest BCUT2D eigenvalue weighted by Gasteiger charge is 2.63. The maximum Gasteiger partial charge on any atom is 0.418 e. The van der Waals surface area contributed by atoms with E-state index >= 15 is 0 Å². The van der Waals surface area contributed by atoms with E-state index in [2.05, 4.69) is 0 Å². The Labute approximate surface area is 149 Å². The van der Waals surface area contributed by atoms with Gasteiger partial charge < -0.3 is 9.47 Å². The Balaban J connectivity index is 1.84. The number of fused-ring (bicyclic) bond motifs is 1. The van der Waals surface area contributed by atoms with Crippen molar-refractivity contribution in [2.24, 2.45) is 0 Å². The summed E-state index contributed by atoms with van der Waals surface area (Å²) in [4.78, 5) is 24.6. The first-order valence-electron chi connectivity index (χ1n) is 8.09. The Morgan fingerprint density at radius 1 is 1.08 bits per heavy atom. The summed E-state index contributed by atoms with van der Waals surface area (Å²) >= 11 is 0. The number of amides is 1. The maximum absolute atomic E-state index is 12.6. The summed E-state index contributed by atoms with van der Waals surface area (Å²) in [5.41, 5.74) is -0.985. The number of hydrogen-bond acceptors (Lipinski definition) is 5. The third-order valence-corrected chi connectivity index (χ3v) is 4.69. The fraction of sp³-hybridized carbons (Fsp3) is 0.211. The van der Waals surface area contributed by atoms with Crippen LogP contribution in [0.15, 0.2) is 54.6 Å². The monoisotopic (exact) mass is 352 g/mol. The highest BCUT2D eigenvalue weighted by atomic mass is 16.6. The van der Waals surface area contributed by atoms with Crippen molar-refractivity contribution in [3.8, 4) is 5.75 Å². The molecule has 0 saturated carbocycles. The van der Waals surface area contributed by atoms with Gasteiger partial charge in [-0.05, 0) is 44.2 Å². The Kier molecular flexibility index (Phi) is 3.30. The predicted octanol–water partition coefficient (Wildman–Crippen LogP) is 4.13. The third kappa shape index (κ3) is 2.17. The van der Waals surface area contributed by atoms with Gasteiger partial charge in [0.05, 0.1) is 10.6 Å². The zero-order valence-corrected chi connectivity index (χ0v) is 14.2. The van der Waals surface area contributed by atoms with Gasteiger partial charge in [-0.2, -0.15) is 0 Å². The van der Waals surface area contributed by atoms with Gasteiger partial charge in [-0.3, -0.25) is 10.1 Å². The van der Waals surface area contributed by atoms with Gasteiger partial charge in [-0.15, -0.1) is 0 Å². The van der Waals surface area contributed by atoms with E-state index in [1.54, 1.807) is 44.2 Å².